The molecule has 0 bridgehead atoms. The molecule has 72 valence electrons. The zero-order chi connectivity index (χ0) is 9.00. The topological polar surface area (TPSA) is 198 Å². The predicted molar refractivity (Wildman–Crippen MR) is 23.3 cm³/mol. The van der Waals surface area contributed by atoms with Gasteiger partial charge < -0.3 is 44.0 Å². The van der Waals surface area contributed by atoms with E-state index in [1.165, 1.54) is 0 Å². The van der Waals surface area contributed by atoms with Gasteiger partial charge in [-0.05, 0) is 0 Å². The van der Waals surface area contributed by atoms with E-state index in [1.807, 2.05) is 0 Å². The fourth-order valence-electron chi connectivity index (χ4n) is 0. The van der Waals surface area contributed by atoms with Crippen molar-refractivity contribution in [3.05, 3.63) is 0 Å². The van der Waals surface area contributed by atoms with Crippen molar-refractivity contribution in [2.45, 2.75) is 0 Å². The van der Waals surface area contributed by atoms with Gasteiger partial charge in [0.05, 0.1) is 15.6 Å². The summed E-state index contributed by atoms with van der Waals surface area (Å²) in [5, 5.41) is 0. The van der Waals surface area contributed by atoms with E-state index < -0.39 is 15.6 Å². The Labute approximate surface area is 86.0 Å². The van der Waals surface area contributed by atoms with Gasteiger partial charge in [0.25, 0.3) is 0 Å². The molecule has 0 unspecified atom stereocenters. The van der Waals surface area contributed by atoms with Gasteiger partial charge in [-0.1, -0.05) is 0 Å². The van der Waals surface area contributed by atoms with Gasteiger partial charge in [0.1, 0.15) is 0 Å². The summed E-state index contributed by atoms with van der Waals surface area (Å²) in [5.74, 6) is 0. The summed E-state index contributed by atoms with van der Waals surface area (Å²) in [6.45, 7) is 0. The molecule has 0 amide bonds. The molecular formula is H4O9P2Zr. The van der Waals surface area contributed by atoms with E-state index in [9.17, 15) is 0 Å². The molecule has 12 heavy (non-hydrogen) atoms. The Morgan fingerprint density at radius 2 is 0.833 bits per heavy atom. The molecule has 0 heterocycles. The van der Waals surface area contributed by atoms with Crippen molar-refractivity contribution < 1.29 is 70.2 Å². The fourth-order valence-corrected chi connectivity index (χ4v) is 0. The quantitative estimate of drug-likeness (QED) is 0.413. The van der Waals surface area contributed by atoms with Crippen molar-refractivity contribution in [1.29, 1.82) is 0 Å². The van der Waals surface area contributed by atoms with Gasteiger partial charge >= 0.3 is 26.2 Å². The van der Waals surface area contributed by atoms with Crippen molar-refractivity contribution in [2.75, 3.05) is 0 Å². The van der Waals surface area contributed by atoms with Crippen LogP contribution in [0.2, 0.25) is 0 Å². The van der Waals surface area contributed by atoms with E-state index in [4.69, 9.17) is 38.5 Å². The minimum absolute atomic E-state index is 0. The predicted octanol–water partition coefficient (Wildman–Crippen LogP) is -5.21. The first-order valence-corrected chi connectivity index (χ1v) is 4.49. The van der Waals surface area contributed by atoms with E-state index in [0.29, 0.717) is 0 Å². The SMILES string of the molecule is O.O=P([O-])([O-])O.O=P([O-])([O-])O.[Zr+4]. The number of hydrogen-bond donors (Lipinski definition) is 2. The van der Waals surface area contributed by atoms with Gasteiger partial charge in [0, 0.05) is 0 Å². The van der Waals surface area contributed by atoms with Crippen LogP contribution in [0.3, 0.4) is 0 Å². The van der Waals surface area contributed by atoms with E-state index >= 15 is 0 Å². The molecule has 0 aromatic rings. The average Bonchev–Trinajstić information content (AvgIpc) is 1.12. The Morgan fingerprint density at radius 1 is 0.833 bits per heavy atom. The van der Waals surface area contributed by atoms with Crippen molar-refractivity contribution in [3.8, 4) is 0 Å². The molecule has 4 N–H and O–H groups in total. The third-order valence-corrected chi connectivity index (χ3v) is 0. The van der Waals surface area contributed by atoms with Gasteiger partial charge in [-0.15, -0.1) is 0 Å². The molecule has 0 atom stereocenters. The zero-order valence-electron chi connectivity index (χ0n) is 5.24. The second-order valence-electron chi connectivity index (χ2n) is 0.937. The smallest absolute Gasteiger partial charge is 0.790 e. The molecule has 0 aromatic heterocycles. The fraction of sp³-hybridized carbons (Fsp3) is 0. The molecule has 0 spiro atoms. The monoisotopic (exact) mass is 300 g/mol. The Balaban J connectivity index is -0.0000000457. The van der Waals surface area contributed by atoms with E-state index in [0.717, 1.165) is 0 Å². The minimum atomic E-state index is -5.14. The summed E-state index contributed by atoms with van der Waals surface area (Å²) in [6, 6.07) is 0. The Kier molecular flexibility index (Phi) is 16.7. The van der Waals surface area contributed by atoms with Gasteiger partial charge in [-0.25, -0.2) is 0 Å². The maximum absolute atomic E-state index is 8.66. The van der Waals surface area contributed by atoms with E-state index in [1.54, 1.807) is 0 Å². The van der Waals surface area contributed by atoms with Gasteiger partial charge in [-0.2, -0.15) is 0 Å². The van der Waals surface area contributed by atoms with Crippen LogP contribution in [-0.4, -0.2) is 15.3 Å². The van der Waals surface area contributed by atoms with Crippen LogP contribution in [0.25, 0.3) is 0 Å². The molecule has 0 aliphatic rings. The third-order valence-electron chi connectivity index (χ3n) is 0. The molecule has 0 radical (unpaired) electrons. The Hall–Kier alpha value is 1.06. The van der Waals surface area contributed by atoms with Crippen LogP contribution in [0, 0.1) is 0 Å². The first kappa shape index (κ1) is 23.1. The molecular weight excluding hydrogens is 297 g/mol. The molecule has 0 aliphatic heterocycles. The van der Waals surface area contributed by atoms with Crippen LogP contribution in [-0.2, 0) is 35.3 Å². The number of hydrogen-bond acceptors (Lipinski definition) is 6. The standard InChI is InChI=1S/2H3O4P.H2O.Zr/c2*1-5(2,3)4;;/h2*(H3,1,2,3,4);1H2;/q;;;+4/p-4. The van der Waals surface area contributed by atoms with Crippen LogP contribution in [0.4, 0.5) is 0 Å². The summed E-state index contributed by atoms with van der Waals surface area (Å²) in [7, 11) is -10.3. The Morgan fingerprint density at radius 3 is 0.833 bits per heavy atom. The second-order valence-corrected chi connectivity index (χ2v) is 2.81. The molecule has 0 rings (SSSR count). The average molecular weight is 301 g/mol. The van der Waals surface area contributed by atoms with Crippen molar-refractivity contribution >= 4 is 15.6 Å². The van der Waals surface area contributed by atoms with Crippen LogP contribution in [0.1, 0.15) is 0 Å². The Bertz CT molecular complexity index is 125. The molecule has 9 nitrogen and oxygen atoms in total. The first-order valence-electron chi connectivity index (χ1n) is 1.50. The van der Waals surface area contributed by atoms with E-state index in [-0.39, 0.29) is 31.7 Å². The van der Waals surface area contributed by atoms with Crippen LogP contribution < -0.4 is 19.6 Å². The van der Waals surface area contributed by atoms with Gasteiger partial charge in [0.15, 0.2) is 0 Å². The summed E-state index contributed by atoms with van der Waals surface area (Å²) < 4.78 is 17.3. The molecule has 0 saturated heterocycles. The summed E-state index contributed by atoms with van der Waals surface area (Å²) in [5.41, 5.74) is 0. The summed E-state index contributed by atoms with van der Waals surface area (Å²) in [6.07, 6.45) is 0. The molecule has 0 aromatic carbocycles. The molecule has 0 aliphatic carbocycles. The second kappa shape index (κ2) is 8.65. The van der Waals surface area contributed by atoms with Crippen LogP contribution in [0.15, 0.2) is 0 Å². The molecule has 12 heteroatoms. The zero-order valence-corrected chi connectivity index (χ0v) is 9.49. The van der Waals surface area contributed by atoms with Crippen molar-refractivity contribution in [2.24, 2.45) is 0 Å². The van der Waals surface area contributed by atoms with Crippen molar-refractivity contribution in [1.82, 2.24) is 0 Å². The maximum Gasteiger partial charge on any atom is 4.00 e. The van der Waals surface area contributed by atoms with E-state index in [2.05, 4.69) is 0 Å². The van der Waals surface area contributed by atoms with Gasteiger partial charge in [0.2, 0.25) is 0 Å². The molecule has 0 saturated carbocycles. The maximum atomic E-state index is 8.66. The normalized spacial score (nSPS) is 9.83. The summed E-state index contributed by atoms with van der Waals surface area (Å²) >= 11 is 0. The minimum Gasteiger partial charge on any atom is -0.790 e. The number of rotatable bonds is 0. The van der Waals surface area contributed by atoms with Crippen LogP contribution >= 0.6 is 15.6 Å². The van der Waals surface area contributed by atoms with Gasteiger partial charge in [-0.3, -0.25) is 0 Å². The number of phosphoric acid groups is 2. The summed E-state index contributed by atoms with van der Waals surface area (Å²) in [4.78, 5) is 48.6. The van der Waals surface area contributed by atoms with Crippen LogP contribution in [0.5, 0.6) is 0 Å². The third kappa shape index (κ3) is 991. The largest absolute Gasteiger partial charge is 4.00 e. The van der Waals surface area contributed by atoms with Crippen molar-refractivity contribution in [3.63, 3.8) is 0 Å². The first-order chi connectivity index (χ1) is 4.00. The molecule has 0 fully saturated rings.